The number of benzene rings is 2. The number of ether oxygens (including phenoxy) is 1. The number of rotatable bonds is 4. The number of aromatic nitrogens is 1. The van der Waals surface area contributed by atoms with Crippen LogP contribution in [-0.2, 0) is 0 Å². The summed E-state index contributed by atoms with van der Waals surface area (Å²) in [7, 11) is 1.67. The average molecular weight is 422 g/mol. The van der Waals surface area contributed by atoms with Crippen LogP contribution in [0.3, 0.4) is 0 Å². The first-order valence-corrected chi connectivity index (χ1v) is 9.85. The van der Waals surface area contributed by atoms with E-state index in [2.05, 4.69) is 34.8 Å². The monoisotopic (exact) mass is 421 g/mol. The predicted molar refractivity (Wildman–Crippen MR) is 99.8 cm³/mol. The minimum absolute atomic E-state index is 0.735. The van der Waals surface area contributed by atoms with Crippen molar-refractivity contribution in [1.82, 2.24) is 4.98 Å². The minimum atomic E-state index is 0.735. The topological polar surface area (TPSA) is 22.1 Å². The Hall–Kier alpha value is -0.932. The maximum atomic E-state index is 6.52. The Balaban J connectivity index is 1.89. The van der Waals surface area contributed by atoms with E-state index in [1.54, 1.807) is 30.2 Å². The van der Waals surface area contributed by atoms with Gasteiger partial charge in [0.1, 0.15) is 0 Å². The third-order valence-electron chi connectivity index (χ3n) is 3.30. The molecule has 1 heterocycles. The molecule has 0 bridgehead atoms. The summed E-state index contributed by atoms with van der Waals surface area (Å²) < 4.78 is 6.17. The molecule has 2 aromatic carbocycles. The molecule has 0 fully saturated rings. The number of hydrogen-bond acceptors (Lipinski definition) is 4. The molecule has 0 spiro atoms. The van der Waals surface area contributed by atoms with Gasteiger partial charge in [-0.3, -0.25) is 0 Å². The number of nitrogens with zero attached hydrogens (tertiary/aromatic N) is 1. The van der Waals surface area contributed by atoms with Gasteiger partial charge in [0.15, 0.2) is 0 Å². The Morgan fingerprint density at radius 2 is 1.91 bits per heavy atom. The van der Waals surface area contributed by atoms with E-state index in [4.69, 9.17) is 16.3 Å². The maximum absolute atomic E-state index is 6.52. The van der Waals surface area contributed by atoms with Crippen LogP contribution in [0.4, 0.5) is 0 Å². The van der Waals surface area contributed by atoms with Crippen molar-refractivity contribution in [3.8, 4) is 17.0 Å². The summed E-state index contributed by atoms with van der Waals surface area (Å²) in [4.78, 5) is 6.78. The third kappa shape index (κ3) is 3.94. The molecule has 0 N–H and O–H groups in total. The molecule has 116 valence electrons. The van der Waals surface area contributed by atoms with Crippen LogP contribution in [-0.4, -0.2) is 28.9 Å². The van der Waals surface area contributed by atoms with Crippen LogP contribution in [0.1, 0.15) is 5.56 Å². The van der Waals surface area contributed by atoms with Crippen LogP contribution in [0.5, 0.6) is 5.75 Å². The number of hydrogen-bond donors (Lipinski definition) is 0. The van der Waals surface area contributed by atoms with E-state index in [1.165, 1.54) is 0 Å². The van der Waals surface area contributed by atoms with Crippen molar-refractivity contribution >= 4 is 55.3 Å². The van der Waals surface area contributed by atoms with E-state index in [1.807, 2.05) is 35.7 Å². The zero-order chi connectivity index (χ0) is 16.4. The van der Waals surface area contributed by atoms with Crippen molar-refractivity contribution in [2.45, 2.75) is 16.7 Å². The van der Waals surface area contributed by atoms with Crippen LogP contribution in [0.2, 0.25) is 5.02 Å². The first kappa shape index (κ1) is 16.9. The second-order valence-corrected chi connectivity index (χ2v) is 8.85. The van der Waals surface area contributed by atoms with Crippen molar-refractivity contribution in [1.29, 1.82) is 0 Å². The first-order chi connectivity index (χ1) is 11.1. The zero-order valence-corrected chi connectivity index (χ0v) is 16.8. The van der Waals surface area contributed by atoms with Gasteiger partial charge in [-0.15, -0.1) is 0 Å². The van der Waals surface area contributed by atoms with Gasteiger partial charge < -0.3 is 4.74 Å². The van der Waals surface area contributed by atoms with E-state index in [0.717, 1.165) is 41.2 Å². The molecule has 0 aliphatic rings. The van der Waals surface area contributed by atoms with Gasteiger partial charge in [-0.1, -0.05) is 0 Å². The number of aryl methyl sites for hydroxylation is 1. The molecule has 0 atom stereocenters. The summed E-state index contributed by atoms with van der Waals surface area (Å²) in [5.74, 6) is 0.858. The van der Waals surface area contributed by atoms with Crippen LogP contribution in [0.15, 0.2) is 51.6 Å². The van der Waals surface area contributed by atoms with Gasteiger partial charge in [-0.2, -0.15) is 0 Å². The van der Waals surface area contributed by atoms with Crippen molar-refractivity contribution in [2.24, 2.45) is 0 Å². The molecule has 0 aliphatic heterocycles. The van der Waals surface area contributed by atoms with E-state index < -0.39 is 0 Å². The van der Waals surface area contributed by atoms with E-state index >= 15 is 0 Å². The van der Waals surface area contributed by atoms with Crippen LogP contribution < -0.4 is 8.53 Å². The predicted octanol–water partition coefficient (Wildman–Crippen LogP) is 4.73. The summed E-state index contributed by atoms with van der Waals surface area (Å²) in [6.45, 7) is 2.07. The van der Waals surface area contributed by atoms with Gasteiger partial charge in [0.25, 0.3) is 0 Å². The van der Waals surface area contributed by atoms with Crippen LogP contribution in [0.25, 0.3) is 11.3 Å². The second kappa shape index (κ2) is 7.31. The fraction of sp³-hybridized carbons (Fsp3) is 0.118. The molecule has 0 saturated carbocycles. The van der Waals surface area contributed by atoms with Gasteiger partial charge in [0, 0.05) is 0 Å². The molecule has 6 heteroatoms. The number of halogens is 1. The fourth-order valence-electron chi connectivity index (χ4n) is 2.25. The molecular weight excluding hydrogens is 409 g/mol. The van der Waals surface area contributed by atoms with Gasteiger partial charge in [-0.05, 0) is 0 Å². The van der Waals surface area contributed by atoms with Crippen molar-refractivity contribution in [3.63, 3.8) is 0 Å². The van der Waals surface area contributed by atoms with Crippen molar-refractivity contribution in [2.75, 3.05) is 7.11 Å². The molecule has 0 unspecified atom stereocenters. The summed E-state index contributed by atoms with van der Waals surface area (Å²) in [5, 5.41) is 2.77. The number of thiazole rings is 1. The summed E-state index contributed by atoms with van der Waals surface area (Å²) in [5.41, 5.74) is 3.08. The van der Waals surface area contributed by atoms with Gasteiger partial charge in [-0.25, -0.2) is 0 Å². The Labute approximate surface area is 157 Å². The zero-order valence-electron chi connectivity index (χ0n) is 12.5. The quantitative estimate of drug-likeness (QED) is 0.569. The van der Waals surface area contributed by atoms with Crippen molar-refractivity contribution in [3.05, 3.63) is 52.4 Å². The standard InChI is InChI=1S/C17H13AsClNOS2/c1-10-7-13(23-12-5-3-11(21-2)4-6-12)8-14(19)16(10)15-9-22-17(18)20-15/h3-9H,1-2H3. The summed E-state index contributed by atoms with van der Waals surface area (Å²) in [6.07, 6.45) is 0. The van der Waals surface area contributed by atoms with Crippen LogP contribution in [0, 0.1) is 6.92 Å². The number of methoxy groups -OCH3 is 1. The Kier molecular flexibility index (Phi) is 5.37. The molecule has 2 radical (unpaired) electrons. The van der Waals surface area contributed by atoms with E-state index in [9.17, 15) is 0 Å². The third-order valence-corrected chi connectivity index (χ3v) is 6.10. The van der Waals surface area contributed by atoms with Gasteiger partial charge in [0.2, 0.25) is 0 Å². The molecule has 0 aliphatic carbocycles. The Morgan fingerprint density at radius 3 is 2.48 bits per heavy atom. The van der Waals surface area contributed by atoms with Gasteiger partial charge >= 0.3 is 146 Å². The average Bonchev–Trinajstić information content (AvgIpc) is 2.93. The molecule has 3 rings (SSSR count). The molecule has 2 nitrogen and oxygen atoms in total. The molecule has 0 amide bonds. The Morgan fingerprint density at radius 1 is 1.17 bits per heavy atom. The molecule has 1 aromatic heterocycles. The second-order valence-electron chi connectivity index (χ2n) is 4.89. The van der Waals surface area contributed by atoms with Gasteiger partial charge in [0.05, 0.1) is 7.11 Å². The van der Waals surface area contributed by atoms with E-state index in [0.29, 0.717) is 0 Å². The van der Waals surface area contributed by atoms with Crippen molar-refractivity contribution < 1.29 is 4.74 Å². The summed E-state index contributed by atoms with van der Waals surface area (Å²) >= 11 is 12.3. The Bertz CT molecular complexity index is 810. The first-order valence-electron chi connectivity index (χ1n) is 6.83. The molecular formula is C17H13AsClNOS2. The summed E-state index contributed by atoms with van der Waals surface area (Å²) in [6, 6.07) is 12.2. The normalized spacial score (nSPS) is 10.8. The van der Waals surface area contributed by atoms with Crippen LogP contribution >= 0.6 is 34.7 Å². The molecule has 3 aromatic rings. The van der Waals surface area contributed by atoms with E-state index in [-0.39, 0.29) is 0 Å². The molecule has 23 heavy (non-hydrogen) atoms. The fourth-order valence-corrected chi connectivity index (χ4v) is 4.74. The SMILES string of the molecule is COc1ccc(Sc2cc(C)c(-c3csc([As])n3)c(Cl)c2)cc1. The molecule has 0 saturated heterocycles.